The van der Waals surface area contributed by atoms with Gasteiger partial charge in [-0.05, 0) is 0 Å². The van der Waals surface area contributed by atoms with Crippen LogP contribution in [0, 0.1) is 0 Å². The molecule has 0 radical (unpaired) electrons. The molecule has 0 aliphatic carbocycles. The first kappa shape index (κ1) is 9.27. The van der Waals surface area contributed by atoms with Crippen molar-refractivity contribution in [1.82, 2.24) is 0 Å². The summed E-state index contributed by atoms with van der Waals surface area (Å²) in [7, 11) is -3.25. The Kier molecular flexibility index (Phi) is 4.27. The van der Waals surface area contributed by atoms with Crippen LogP contribution in [0.25, 0.3) is 0 Å². The summed E-state index contributed by atoms with van der Waals surface area (Å²) in [5, 5.41) is 0. The molecule has 0 aliphatic heterocycles. The van der Waals surface area contributed by atoms with Crippen LogP contribution in [0.15, 0.2) is 0 Å². The summed E-state index contributed by atoms with van der Waals surface area (Å²) in [6, 6.07) is 0. The van der Waals surface area contributed by atoms with Crippen LogP contribution >= 0.6 is 7.94 Å². The molecule has 58 valence electrons. The maximum absolute atomic E-state index is 8.68. The summed E-state index contributed by atoms with van der Waals surface area (Å²) >= 11 is 0. The third kappa shape index (κ3) is 8.27. The second-order valence-electron chi connectivity index (χ2n) is 1.92. The molecule has 0 unspecified atom stereocenters. The van der Waals surface area contributed by atoms with Crippen LogP contribution in [0.2, 0.25) is 0 Å². The molecular formula is C4H14NO3P. The average molecular weight is 155 g/mol. The molecule has 0 saturated heterocycles. The molecule has 0 aromatic carbocycles. The summed E-state index contributed by atoms with van der Waals surface area (Å²) in [5.41, 5.74) is 5.13. The van der Waals surface area contributed by atoms with Crippen LogP contribution < -0.4 is 5.73 Å². The quantitative estimate of drug-likeness (QED) is 0.376. The van der Waals surface area contributed by atoms with E-state index in [9.17, 15) is 0 Å². The molecule has 0 heterocycles. The Bertz CT molecular complexity index is 72.7. The Balaban J connectivity index is 3.07. The zero-order chi connectivity index (χ0) is 7.33. The van der Waals surface area contributed by atoms with E-state index < -0.39 is 7.94 Å². The van der Waals surface area contributed by atoms with Crippen LogP contribution in [-0.4, -0.2) is 29.6 Å². The summed E-state index contributed by atoms with van der Waals surface area (Å²) in [5.74, 6) is 0. The molecule has 0 spiro atoms. The summed E-state index contributed by atoms with van der Waals surface area (Å²) in [4.78, 5) is 17.4. The van der Waals surface area contributed by atoms with Gasteiger partial charge in [0.05, 0.1) is 0 Å². The van der Waals surface area contributed by atoms with Gasteiger partial charge in [0.2, 0.25) is 0 Å². The molecule has 5 heteroatoms. The van der Waals surface area contributed by atoms with Gasteiger partial charge in [0, 0.05) is 0 Å². The molecule has 0 aliphatic rings. The second-order valence-corrected chi connectivity index (χ2v) is 4.08. The van der Waals surface area contributed by atoms with Crippen molar-refractivity contribution in [2.24, 2.45) is 5.73 Å². The molecule has 0 rings (SSSR count). The van der Waals surface area contributed by atoms with E-state index >= 15 is 0 Å². The van der Waals surface area contributed by atoms with Gasteiger partial charge in [0.25, 0.3) is 0 Å². The average Bonchev–Trinajstić information content (AvgIpc) is 1.63. The van der Waals surface area contributed by atoms with E-state index in [1.54, 1.807) is 0 Å². The molecule has 0 fully saturated rings. The van der Waals surface area contributed by atoms with Crippen molar-refractivity contribution in [1.29, 1.82) is 0 Å². The second kappa shape index (κ2) is 4.14. The molecule has 9 heavy (non-hydrogen) atoms. The topological polar surface area (TPSA) is 75.7 Å². The van der Waals surface area contributed by atoms with Crippen molar-refractivity contribution in [3.05, 3.63) is 0 Å². The fourth-order valence-corrected chi connectivity index (χ4v) is 0.880. The van der Waals surface area contributed by atoms with E-state index in [0.29, 0.717) is 19.6 Å². The van der Waals surface area contributed by atoms with Crippen molar-refractivity contribution in [3.8, 4) is 0 Å². The van der Waals surface area contributed by atoms with Gasteiger partial charge in [-0.15, -0.1) is 0 Å². The number of rotatable bonds is 4. The van der Waals surface area contributed by atoms with Crippen molar-refractivity contribution < 1.29 is 14.3 Å². The number of nitrogens with two attached hydrogens (primary N) is 1. The third-order valence-electron chi connectivity index (χ3n) is 0.724. The molecule has 0 aromatic heterocycles. The van der Waals surface area contributed by atoms with Gasteiger partial charge in [0.15, 0.2) is 0 Å². The minimum atomic E-state index is -3.25. The van der Waals surface area contributed by atoms with Crippen LogP contribution in [0.1, 0.15) is 6.42 Å². The van der Waals surface area contributed by atoms with Crippen molar-refractivity contribution in [2.75, 3.05) is 19.8 Å². The third-order valence-corrected chi connectivity index (χ3v) is 1.47. The van der Waals surface area contributed by atoms with Crippen molar-refractivity contribution in [3.63, 3.8) is 0 Å². The van der Waals surface area contributed by atoms with E-state index in [2.05, 4.69) is 4.52 Å². The van der Waals surface area contributed by atoms with E-state index in [4.69, 9.17) is 15.5 Å². The van der Waals surface area contributed by atoms with Gasteiger partial charge in [0.1, 0.15) is 0 Å². The Hall–Kier alpha value is 0.270. The number of hydrogen-bond donors (Lipinski definition) is 3. The molecule has 4 nitrogen and oxygen atoms in total. The fraction of sp³-hybridized carbons (Fsp3) is 1.00. The SMILES string of the molecule is C[PH](O)(O)OCCCN. The van der Waals surface area contributed by atoms with E-state index in [1.165, 1.54) is 6.66 Å². The zero-order valence-electron chi connectivity index (χ0n) is 5.50. The normalized spacial score (nSPS) is 13.8. The maximum atomic E-state index is 8.68. The predicted octanol–water partition coefficient (Wildman–Crippen LogP) is -0.539. The monoisotopic (exact) mass is 155 g/mol. The van der Waals surface area contributed by atoms with E-state index in [-0.39, 0.29) is 0 Å². The summed E-state index contributed by atoms with van der Waals surface area (Å²) in [6.07, 6.45) is 0.670. The Morgan fingerprint density at radius 1 is 1.56 bits per heavy atom. The first-order valence-corrected chi connectivity index (χ1v) is 5.15. The first-order chi connectivity index (χ1) is 4.06. The van der Waals surface area contributed by atoms with Gasteiger partial charge >= 0.3 is 54.2 Å². The Morgan fingerprint density at radius 2 is 2.11 bits per heavy atom. The van der Waals surface area contributed by atoms with Crippen LogP contribution in [-0.2, 0) is 4.52 Å². The number of hydrogen-bond acceptors (Lipinski definition) is 4. The minimum absolute atomic E-state index is 0.340. The van der Waals surface area contributed by atoms with Crippen molar-refractivity contribution in [2.45, 2.75) is 6.42 Å². The van der Waals surface area contributed by atoms with Crippen molar-refractivity contribution >= 4 is 7.94 Å². The molecule has 0 atom stereocenters. The van der Waals surface area contributed by atoms with Gasteiger partial charge in [-0.2, -0.15) is 0 Å². The van der Waals surface area contributed by atoms with E-state index in [1.807, 2.05) is 0 Å². The van der Waals surface area contributed by atoms with Gasteiger partial charge in [-0.3, -0.25) is 0 Å². The standard InChI is InChI=1S/C4H14NO3P/c1-9(6,7)8-4-2-3-5/h6-7,9H,2-5H2,1H3. The first-order valence-electron chi connectivity index (χ1n) is 2.85. The molecule has 0 amide bonds. The molecule has 0 saturated carbocycles. The molecule has 0 aromatic rings. The molecule has 4 N–H and O–H groups in total. The molecule has 0 bridgehead atoms. The summed E-state index contributed by atoms with van der Waals surface area (Å²) < 4.78 is 4.64. The van der Waals surface area contributed by atoms with Crippen LogP contribution in [0.3, 0.4) is 0 Å². The predicted molar refractivity (Wildman–Crippen MR) is 38.3 cm³/mol. The zero-order valence-corrected chi connectivity index (χ0v) is 6.50. The van der Waals surface area contributed by atoms with Gasteiger partial charge in [-0.1, -0.05) is 0 Å². The fourth-order valence-electron chi connectivity index (χ4n) is 0.349. The van der Waals surface area contributed by atoms with Crippen LogP contribution in [0.4, 0.5) is 0 Å². The Labute approximate surface area is 55.2 Å². The van der Waals surface area contributed by atoms with E-state index in [0.717, 1.165) is 0 Å². The molecular weight excluding hydrogens is 141 g/mol. The summed E-state index contributed by atoms with van der Waals surface area (Å²) in [6.45, 7) is 2.15. The van der Waals surface area contributed by atoms with Gasteiger partial charge < -0.3 is 0 Å². The van der Waals surface area contributed by atoms with Gasteiger partial charge in [-0.25, -0.2) is 0 Å². The van der Waals surface area contributed by atoms with Crippen LogP contribution in [0.5, 0.6) is 0 Å². The Morgan fingerprint density at radius 3 is 2.44 bits per heavy atom.